The smallest absolute Gasteiger partial charge is 0.274 e. The minimum Gasteiger partial charge on any atom is -0.337 e. The quantitative estimate of drug-likeness (QED) is 0.899. The fourth-order valence-electron chi connectivity index (χ4n) is 2.89. The number of hydrogen-bond acceptors (Lipinski definition) is 3. The van der Waals surface area contributed by atoms with Gasteiger partial charge in [-0.05, 0) is 18.9 Å². The maximum absolute atomic E-state index is 14.9. The molecule has 1 aliphatic heterocycles. The van der Waals surface area contributed by atoms with Gasteiger partial charge in [0, 0.05) is 18.8 Å². The lowest BCUT2D eigenvalue weighted by Gasteiger charge is -2.28. The Bertz CT molecular complexity index is 630. The van der Waals surface area contributed by atoms with E-state index in [1.807, 2.05) is 13.8 Å². The first-order chi connectivity index (χ1) is 11.6. The first-order valence-electron chi connectivity index (χ1n) is 8.53. The van der Waals surface area contributed by atoms with Crippen LogP contribution in [0.25, 0.3) is 0 Å². The van der Waals surface area contributed by atoms with Gasteiger partial charge in [-0.25, -0.2) is 4.39 Å². The summed E-state index contributed by atoms with van der Waals surface area (Å²) < 4.78 is 27.6. The van der Waals surface area contributed by atoms with Gasteiger partial charge in [0.05, 0.1) is 19.0 Å². The molecule has 1 N–H and O–H groups in total. The zero-order valence-corrected chi connectivity index (χ0v) is 15.2. The SMILES string of the molecule is CC(CF)C(=O)N1CCN(C(=O)c2cc(C(C)C)[nH]n2)CC(C)(F)C1. The molecule has 6 nitrogen and oxygen atoms in total. The van der Waals surface area contributed by atoms with E-state index >= 15 is 0 Å². The van der Waals surface area contributed by atoms with Crippen molar-refractivity contribution in [3.63, 3.8) is 0 Å². The van der Waals surface area contributed by atoms with Crippen molar-refractivity contribution >= 4 is 11.8 Å². The van der Waals surface area contributed by atoms with Gasteiger partial charge < -0.3 is 9.80 Å². The van der Waals surface area contributed by atoms with Gasteiger partial charge >= 0.3 is 0 Å². The molecule has 0 radical (unpaired) electrons. The number of nitrogens with zero attached hydrogens (tertiary/aromatic N) is 3. The highest BCUT2D eigenvalue weighted by Gasteiger charge is 2.37. The number of aromatic amines is 1. The molecule has 0 bridgehead atoms. The van der Waals surface area contributed by atoms with Crippen molar-refractivity contribution in [3.8, 4) is 0 Å². The number of aromatic nitrogens is 2. The maximum Gasteiger partial charge on any atom is 0.274 e. The van der Waals surface area contributed by atoms with Crippen LogP contribution in [-0.2, 0) is 4.79 Å². The van der Waals surface area contributed by atoms with Crippen molar-refractivity contribution in [1.29, 1.82) is 0 Å². The molecule has 1 saturated heterocycles. The second kappa shape index (κ2) is 7.49. The molecule has 1 aromatic heterocycles. The van der Waals surface area contributed by atoms with Crippen LogP contribution >= 0.6 is 0 Å². The highest BCUT2D eigenvalue weighted by molar-refractivity contribution is 5.92. The Balaban J connectivity index is 2.14. The second-order valence-corrected chi connectivity index (χ2v) is 7.32. The highest BCUT2D eigenvalue weighted by atomic mass is 19.1. The summed E-state index contributed by atoms with van der Waals surface area (Å²) in [5.74, 6) is -1.42. The Labute approximate surface area is 146 Å². The van der Waals surface area contributed by atoms with E-state index < -0.39 is 24.2 Å². The summed E-state index contributed by atoms with van der Waals surface area (Å²) >= 11 is 0. The molecule has 0 spiro atoms. The standard InChI is InChI=1S/C17H26F2N4O2/c1-11(2)13-7-14(21-20-13)16(25)23-6-5-22(9-17(4,19)10-23)15(24)12(3)8-18/h7,11-12H,5-6,8-10H2,1-4H3,(H,20,21). The number of rotatable bonds is 4. The van der Waals surface area contributed by atoms with Crippen molar-refractivity contribution in [1.82, 2.24) is 20.0 Å². The Kier molecular flexibility index (Phi) is 5.80. The largest absolute Gasteiger partial charge is 0.337 e. The number of alkyl halides is 2. The van der Waals surface area contributed by atoms with Crippen LogP contribution in [0.5, 0.6) is 0 Å². The summed E-state index contributed by atoms with van der Waals surface area (Å²) in [6.07, 6.45) is 0. The fourth-order valence-corrected chi connectivity index (χ4v) is 2.89. The van der Waals surface area contributed by atoms with Gasteiger partial charge in [0.2, 0.25) is 5.91 Å². The third kappa shape index (κ3) is 4.55. The summed E-state index contributed by atoms with van der Waals surface area (Å²) in [6.45, 7) is 6.06. The highest BCUT2D eigenvalue weighted by Crippen LogP contribution is 2.22. The first-order valence-corrected chi connectivity index (χ1v) is 8.53. The third-order valence-corrected chi connectivity index (χ3v) is 4.37. The number of hydrogen-bond donors (Lipinski definition) is 1. The predicted octanol–water partition coefficient (Wildman–Crippen LogP) is 2.15. The Morgan fingerprint density at radius 2 is 1.88 bits per heavy atom. The topological polar surface area (TPSA) is 69.3 Å². The molecule has 8 heteroatoms. The van der Waals surface area contributed by atoms with E-state index in [2.05, 4.69) is 10.2 Å². The van der Waals surface area contributed by atoms with E-state index in [1.54, 1.807) is 6.07 Å². The van der Waals surface area contributed by atoms with Gasteiger partial charge in [-0.3, -0.25) is 19.1 Å². The Morgan fingerprint density at radius 3 is 2.44 bits per heavy atom. The maximum atomic E-state index is 14.9. The van der Waals surface area contributed by atoms with Crippen LogP contribution in [0.15, 0.2) is 6.07 Å². The summed E-state index contributed by atoms with van der Waals surface area (Å²) in [6, 6.07) is 1.67. The molecule has 25 heavy (non-hydrogen) atoms. The molecule has 0 aromatic carbocycles. The van der Waals surface area contributed by atoms with Crippen molar-refractivity contribution in [2.24, 2.45) is 5.92 Å². The molecule has 0 aliphatic carbocycles. The zero-order chi connectivity index (χ0) is 18.8. The van der Waals surface area contributed by atoms with Crippen LogP contribution in [0.4, 0.5) is 8.78 Å². The molecule has 1 fully saturated rings. The zero-order valence-electron chi connectivity index (χ0n) is 15.2. The van der Waals surface area contributed by atoms with Crippen LogP contribution in [0.3, 0.4) is 0 Å². The van der Waals surface area contributed by atoms with Gasteiger partial charge in [0.25, 0.3) is 5.91 Å². The molecule has 2 unspecified atom stereocenters. The summed E-state index contributed by atoms with van der Waals surface area (Å²) in [5, 5.41) is 6.83. The van der Waals surface area contributed by atoms with E-state index in [0.717, 1.165) is 5.69 Å². The van der Waals surface area contributed by atoms with Gasteiger partial charge in [-0.2, -0.15) is 5.10 Å². The van der Waals surface area contributed by atoms with Crippen LogP contribution in [-0.4, -0.2) is 70.3 Å². The van der Waals surface area contributed by atoms with Gasteiger partial charge in [-0.15, -0.1) is 0 Å². The monoisotopic (exact) mass is 356 g/mol. The van der Waals surface area contributed by atoms with E-state index in [0.29, 0.717) is 0 Å². The van der Waals surface area contributed by atoms with E-state index in [4.69, 9.17) is 0 Å². The summed E-state index contributed by atoms with van der Waals surface area (Å²) in [5.41, 5.74) is -0.708. The van der Waals surface area contributed by atoms with Gasteiger partial charge in [0.15, 0.2) is 0 Å². The number of carbonyl (C=O) groups is 2. The first kappa shape index (κ1) is 19.3. The fraction of sp³-hybridized carbons (Fsp3) is 0.706. The number of carbonyl (C=O) groups excluding carboxylic acids is 2. The van der Waals surface area contributed by atoms with Crippen molar-refractivity contribution in [2.75, 3.05) is 32.9 Å². The van der Waals surface area contributed by atoms with Gasteiger partial charge in [0.1, 0.15) is 18.0 Å². The number of halogens is 2. The number of nitrogens with one attached hydrogen (secondary N) is 1. The lowest BCUT2D eigenvalue weighted by atomic mass is 10.1. The molecule has 2 atom stereocenters. The Hall–Kier alpha value is -1.99. The number of H-pyrrole nitrogens is 1. The van der Waals surface area contributed by atoms with E-state index in [9.17, 15) is 18.4 Å². The lowest BCUT2D eigenvalue weighted by molar-refractivity contribution is -0.136. The number of amides is 2. The molecule has 2 heterocycles. The average molecular weight is 356 g/mol. The van der Waals surface area contributed by atoms with Crippen molar-refractivity contribution in [3.05, 3.63) is 17.5 Å². The third-order valence-electron chi connectivity index (χ3n) is 4.37. The van der Waals surface area contributed by atoms with Crippen LogP contribution in [0.2, 0.25) is 0 Å². The molecule has 1 aliphatic rings. The van der Waals surface area contributed by atoms with Crippen LogP contribution in [0, 0.1) is 5.92 Å². The van der Waals surface area contributed by atoms with Crippen molar-refractivity contribution in [2.45, 2.75) is 39.3 Å². The molecule has 0 saturated carbocycles. The second-order valence-electron chi connectivity index (χ2n) is 7.32. The van der Waals surface area contributed by atoms with Gasteiger partial charge in [-0.1, -0.05) is 20.8 Å². The average Bonchev–Trinajstić information content (AvgIpc) is 2.99. The summed E-state index contributed by atoms with van der Waals surface area (Å²) in [7, 11) is 0. The molecule has 1 aromatic rings. The molecule has 2 rings (SSSR count). The Morgan fingerprint density at radius 1 is 1.28 bits per heavy atom. The minimum absolute atomic E-state index is 0.135. The van der Waals surface area contributed by atoms with E-state index in [1.165, 1.54) is 23.6 Å². The lowest BCUT2D eigenvalue weighted by Crippen LogP contribution is -2.45. The molecule has 140 valence electrons. The normalized spacial score (nSPS) is 22.8. The minimum atomic E-state index is -1.77. The van der Waals surface area contributed by atoms with Crippen LogP contribution in [0.1, 0.15) is 49.8 Å². The van der Waals surface area contributed by atoms with E-state index in [-0.39, 0.29) is 43.7 Å². The predicted molar refractivity (Wildman–Crippen MR) is 89.8 cm³/mol. The molecular formula is C17H26F2N4O2. The van der Waals surface area contributed by atoms with Crippen molar-refractivity contribution < 1.29 is 18.4 Å². The summed E-state index contributed by atoms with van der Waals surface area (Å²) in [4.78, 5) is 27.5. The molecule has 2 amide bonds. The molecular weight excluding hydrogens is 330 g/mol. The van der Waals surface area contributed by atoms with Crippen LogP contribution < -0.4 is 0 Å².